The van der Waals surface area contributed by atoms with Gasteiger partial charge in [-0.3, -0.25) is 5.10 Å². The Hall–Kier alpha value is -1.29. The van der Waals surface area contributed by atoms with Gasteiger partial charge in [0.2, 0.25) is 0 Å². The van der Waals surface area contributed by atoms with E-state index in [9.17, 15) is 0 Å². The number of nitrogens with zero attached hydrogens (tertiary/aromatic N) is 1. The Kier molecular flexibility index (Phi) is 3.24. The number of aromatic amines is 1. The molecule has 0 amide bonds. The first-order valence-electron chi connectivity index (χ1n) is 5.61. The quantitative estimate of drug-likeness (QED) is 0.883. The molecule has 0 bridgehead atoms. The van der Waals surface area contributed by atoms with Crippen molar-refractivity contribution >= 4 is 21.7 Å². The summed E-state index contributed by atoms with van der Waals surface area (Å²) in [6, 6.07) is 6.18. The number of anilines is 1. The van der Waals surface area contributed by atoms with Crippen molar-refractivity contribution in [3.63, 3.8) is 0 Å². The first-order valence-corrected chi connectivity index (χ1v) is 6.41. The molecule has 0 aliphatic rings. The van der Waals surface area contributed by atoms with Gasteiger partial charge in [0.05, 0.1) is 5.69 Å². The van der Waals surface area contributed by atoms with E-state index < -0.39 is 0 Å². The van der Waals surface area contributed by atoms with Crippen LogP contribution in [0.4, 0.5) is 5.82 Å². The van der Waals surface area contributed by atoms with Gasteiger partial charge in [-0.25, -0.2) is 0 Å². The molecule has 0 atom stereocenters. The Morgan fingerprint density at radius 3 is 2.71 bits per heavy atom. The Morgan fingerprint density at radius 2 is 2.06 bits per heavy atom. The van der Waals surface area contributed by atoms with Gasteiger partial charge in [0.25, 0.3) is 0 Å². The molecule has 2 rings (SSSR count). The maximum atomic E-state index is 5.91. The van der Waals surface area contributed by atoms with Crippen LogP contribution in [0.1, 0.15) is 30.9 Å². The highest BCUT2D eigenvalue weighted by Crippen LogP contribution is 2.36. The Labute approximate surface area is 110 Å². The van der Waals surface area contributed by atoms with Crippen LogP contribution in [0.25, 0.3) is 11.3 Å². The summed E-state index contributed by atoms with van der Waals surface area (Å²) in [4.78, 5) is 0. The Bertz CT molecular complexity index is 544. The zero-order chi connectivity index (χ0) is 12.6. The third kappa shape index (κ3) is 2.09. The van der Waals surface area contributed by atoms with Crippen molar-refractivity contribution in [2.24, 2.45) is 0 Å². The molecule has 17 heavy (non-hydrogen) atoms. The Balaban J connectivity index is 2.65. The van der Waals surface area contributed by atoms with Crippen LogP contribution < -0.4 is 5.73 Å². The molecule has 90 valence electrons. The van der Waals surface area contributed by atoms with Gasteiger partial charge in [-0.1, -0.05) is 32.0 Å². The molecular formula is C13H16BrN3. The van der Waals surface area contributed by atoms with E-state index >= 15 is 0 Å². The van der Waals surface area contributed by atoms with Gasteiger partial charge in [-0.05, 0) is 34.3 Å². The maximum absolute atomic E-state index is 5.91. The SMILES string of the molecule is Cc1cccc(-c2[nH]nc(N)c2C(C)C)c1Br. The predicted octanol–water partition coefficient (Wildman–Crippen LogP) is 3.85. The molecule has 0 radical (unpaired) electrons. The monoisotopic (exact) mass is 293 g/mol. The van der Waals surface area contributed by atoms with E-state index in [0.29, 0.717) is 11.7 Å². The molecule has 1 aromatic carbocycles. The number of rotatable bonds is 2. The van der Waals surface area contributed by atoms with Gasteiger partial charge in [0.15, 0.2) is 0 Å². The number of hydrogen-bond acceptors (Lipinski definition) is 2. The third-order valence-corrected chi connectivity index (χ3v) is 3.92. The van der Waals surface area contributed by atoms with Crippen LogP contribution >= 0.6 is 15.9 Å². The average molecular weight is 294 g/mol. The van der Waals surface area contributed by atoms with E-state index in [-0.39, 0.29) is 0 Å². The average Bonchev–Trinajstić information content (AvgIpc) is 2.64. The minimum absolute atomic E-state index is 0.344. The van der Waals surface area contributed by atoms with Crippen LogP contribution in [-0.2, 0) is 0 Å². The van der Waals surface area contributed by atoms with E-state index in [1.54, 1.807) is 0 Å². The summed E-state index contributed by atoms with van der Waals surface area (Å²) in [5, 5.41) is 7.15. The Morgan fingerprint density at radius 1 is 1.35 bits per heavy atom. The topological polar surface area (TPSA) is 54.7 Å². The number of nitrogens with one attached hydrogen (secondary N) is 1. The van der Waals surface area contributed by atoms with E-state index in [0.717, 1.165) is 21.3 Å². The van der Waals surface area contributed by atoms with Gasteiger partial charge in [-0.15, -0.1) is 0 Å². The number of H-pyrrole nitrogens is 1. The minimum Gasteiger partial charge on any atom is -0.382 e. The van der Waals surface area contributed by atoms with Crippen LogP contribution in [0, 0.1) is 6.92 Å². The third-order valence-electron chi connectivity index (χ3n) is 2.87. The van der Waals surface area contributed by atoms with Crippen molar-refractivity contribution in [1.82, 2.24) is 10.2 Å². The standard InChI is InChI=1S/C13H16BrN3/c1-7(2)10-12(16-17-13(10)15)9-6-4-5-8(3)11(9)14/h4-7H,1-3H3,(H3,15,16,17). The maximum Gasteiger partial charge on any atom is 0.149 e. The van der Waals surface area contributed by atoms with E-state index in [4.69, 9.17) is 5.73 Å². The lowest BCUT2D eigenvalue weighted by Crippen LogP contribution is -1.95. The zero-order valence-electron chi connectivity index (χ0n) is 10.2. The van der Waals surface area contributed by atoms with Gasteiger partial charge in [-0.2, -0.15) is 5.10 Å². The number of nitrogens with two attached hydrogens (primary N) is 1. The number of aryl methyl sites for hydroxylation is 1. The molecule has 2 aromatic rings. The largest absolute Gasteiger partial charge is 0.382 e. The van der Waals surface area contributed by atoms with Crippen molar-refractivity contribution < 1.29 is 0 Å². The molecular weight excluding hydrogens is 278 g/mol. The molecule has 0 saturated heterocycles. The van der Waals surface area contributed by atoms with Crippen molar-refractivity contribution in [2.75, 3.05) is 5.73 Å². The number of benzene rings is 1. The van der Waals surface area contributed by atoms with Crippen molar-refractivity contribution in [1.29, 1.82) is 0 Å². The lowest BCUT2D eigenvalue weighted by Gasteiger charge is -2.10. The summed E-state index contributed by atoms with van der Waals surface area (Å²) in [5.74, 6) is 0.930. The highest BCUT2D eigenvalue weighted by atomic mass is 79.9. The fraction of sp³-hybridized carbons (Fsp3) is 0.308. The molecule has 3 N–H and O–H groups in total. The summed E-state index contributed by atoms with van der Waals surface area (Å²) in [6.45, 7) is 6.31. The summed E-state index contributed by atoms with van der Waals surface area (Å²) >= 11 is 3.62. The molecule has 4 heteroatoms. The van der Waals surface area contributed by atoms with Crippen molar-refractivity contribution in [3.05, 3.63) is 33.8 Å². The minimum atomic E-state index is 0.344. The van der Waals surface area contributed by atoms with E-state index in [2.05, 4.69) is 59.0 Å². The highest BCUT2D eigenvalue weighted by Gasteiger charge is 2.17. The lowest BCUT2D eigenvalue weighted by molar-refractivity contribution is 0.873. The van der Waals surface area contributed by atoms with Crippen LogP contribution in [0.3, 0.4) is 0 Å². The summed E-state index contributed by atoms with van der Waals surface area (Å²) in [5.41, 5.74) is 10.3. The number of nitrogen functional groups attached to an aromatic ring is 1. The molecule has 0 spiro atoms. The molecule has 0 fully saturated rings. The van der Waals surface area contributed by atoms with Crippen LogP contribution in [0.5, 0.6) is 0 Å². The van der Waals surface area contributed by atoms with E-state index in [1.165, 1.54) is 5.56 Å². The van der Waals surface area contributed by atoms with Crippen molar-refractivity contribution in [3.8, 4) is 11.3 Å². The summed E-state index contributed by atoms with van der Waals surface area (Å²) in [6.07, 6.45) is 0. The normalized spacial score (nSPS) is 11.1. The molecule has 0 unspecified atom stereocenters. The smallest absolute Gasteiger partial charge is 0.149 e. The zero-order valence-corrected chi connectivity index (χ0v) is 11.8. The second-order valence-corrected chi connectivity index (χ2v) is 5.28. The fourth-order valence-electron chi connectivity index (χ4n) is 1.99. The number of hydrogen-bond donors (Lipinski definition) is 2. The first kappa shape index (κ1) is 12.2. The van der Waals surface area contributed by atoms with Crippen LogP contribution in [0.2, 0.25) is 0 Å². The van der Waals surface area contributed by atoms with Gasteiger partial charge < -0.3 is 5.73 Å². The fourth-order valence-corrected chi connectivity index (χ4v) is 2.46. The van der Waals surface area contributed by atoms with Crippen LogP contribution in [0.15, 0.2) is 22.7 Å². The summed E-state index contributed by atoms with van der Waals surface area (Å²) in [7, 11) is 0. The van der Waals surface area contributed by atoms with Gasteiger partial charge in [0, 0.05) is 15.6 Å². The summed E-state index contributed by atoms with van der Waals surface area (Å²) < 4.78 is 1.09. The molecule has 0 aliphatic carbocycles. The second kappa shape index (κ2) is 4.53. The first-order chi connectivity index (χ1) is 8.02. The van der Waals surface area contributed by atoms with Crippen molar-refractivity contribution in [2.45, 2.75) is 26.7 Å². The predicted molar refractivity (Wildman–Crippen MR) is 75.0 cm³/mol. The molecule has 0 aliphatic heterocycles. The molecule has 1 heterocycles. The highest BCUT2D eigenvalue weighted by molar-refractivity contribution is 9.10. The molecule has 1 aromatic heterocycles. The van der Waals surface area contributed by atoms with E-state index in [1.807, 2.05) is 6.07 Å². The van der Waals surface area contributed by atoms with Gasteiger partial charge >= 0.3 is 0 Å². The number of aromatic nitrogens is 2. The molecule has 0 saturated carbocycles. The second-order valence-electron chi connectivity index (χ2n) is 4.49. The molecule has 3 nitrogen and oxygen atoms in total. The van der Waals surface area contributed by atoms with Gasteiger partial charge in [0.1, 0.15) is 5.82 Å². The lowest BCUT2D eigenvalue weighted by atomic mass is 9.98. The van der Waals surface area contributed by atoms with Crippen LogP contribution in [-0.4, -0.2) is 10.2 Å². The number of halogens is 1.